The number of halogens is 3. The fourth-order valence-electron chi connectivity index (χ4n) is 1.90. The van der Waals surface area contributed by atoms with Crippen LogP contribution in [0.15, 0.2) is 18.2 Å². The van der Waals surface area contributed by atoms with Crippen LogP contribution in [0, 0.1) is 0 Å². The van der Waals surface area contributed by atoms with Crippen LogP contribution >= 0.6 is 0 Å². The number of methoxy groups -OCH3 is 2. The number of hydrogen-bond acceptors (Lipinski definition) is 3. The molecule has 0 atom stereocenters. The Balaban J connectivity index is 2.70. The normalized spacial score (nSPS) is 11.8. The van der Waals surface area contributed by atoms with E-state index in [-0.39, 0.29) is 6.54 Å². The molecule has 1 aromatic carbocycles. The Kier molecular flexibility index (Phi) is 6.12. The zero-order valence-electron chi connectivity index (χ0n) is 13.5. The highest BCUT2D eigenvalue weighted by molar-refractivity contribution is 5.74. The lowest BCUT2D eigenvalue weighted by molar-refractivity contribution is -0.122. The van der Waals surface area contributed by atoms with Gasteiger partial charge in [0, 0.05) is 12.0 Å². The molecule has 5 nitrogen and oxygen atoms in total. The van der Waals surface area contributed by atoms with Crippen molar-refractivity contribution in [2.24, 2.45) is 0 Å². The number of ether oxygens (including phenoxy) is 2. The summed E-state index contributed by atoms with van der Waals surface area (Å²) in [7, 11) is 3.03. The van der Waals surface area contributed by atoms with E-state index in [0.29, 0.717) is 11.5 Å². The van der Waals surface area contributed by atoms with Crippen molar-refractivity contribution in [2.75, 3.05) is 27.3 Å². The summed E-state index contributed by atoms with van der Waals surface area (Å²) in [6.45, 7) is 2.51. The fraction of sp³-hybridized carbons (Fsp3) is 0.533. The van der Waals surface area contributed by atoms with Gasteiger partial charge in [0.05, 0.1) is 14.2 Å². The monoisotopic (exact) mass is 334 g/mol. The first kappa shape index (κ1) is 18.9. The minimum Gasteiger partial charge on any atom is -0.493 e. The van der Waals surface area contributed by atoms with E-state index in [0.717, 1.165) is 5.56 Å². The predicted octanol–water partition coefficient (Wildman–Crippen LogP) is 2.84. The van der Waals surface area contributed by atoms with E-state index < -0.39 is 24.2 Å². The largest absolute Gasteiger partial charge is 0.493 e. The van der Waals surface area contributed by atoms with E-state index in [1.165, 1.54) is 14.2 Å². The van der Waals surface area contributed by atoms with Gasteiger partial charge < -0.3 is 20.1 Å². The second-order valence-electron chi connectivity index (χ2n) is 5.61. The summed E-state index contributed by atoms with van der Waals surface area (Å²) in [5, 5.41) is 4.21. The number of benzene rings is 1. The molecule has 0 unspecified atom stereocenters. The first-order chi connectivity index (χ1) is 10.6. The molecule has 2 amide bonds. The molecule has 0 aliphatic rings. The van der Waals surface area contributed by atoms with Crippen LogP contribution in [0.25, 0.3) is 0 Å². The van der Waals surface area contributed by atoms with Crippen molar-refractivity contribution >= 4 is 6.03 Å². The Morgan fingerprint density at radius 1 is 1.04 bits per heavy atom. The van der Waals surface area contributed by atoms with Gasteiger partial charge in [-0.25, -0.2) is 4.79 Å². The van der Waals surface area contributed by atoms with E-state index in [1.807, 2.05) is 19.9 Å². The lowest BCUT2D eigenvalue weighted by atomic mass is 9.84. The van der Waals surface area contributed by atoms with E-state index in [1.54, 1.807) is 17.4 Å². The maximum absolute atomic E-state index is 12.0. The molecule has 2 N–H and O–H groups in total. The number of amides is 2. The molecule has 0 heterocycles. The topological polar surface area (TPSA) is 59.6 Å². The molecule has 0 aliphatic heterocycles. The van der Waals surface area contributed by atoms with Crippen LogP contribution in [-0.2, 0) is 5.41 Å². The molecule has 0 saturated carbocycles. The second-order valence-corrected chi connectivity index (χ2v) is 5.61. The number of rotatable bonds is 6. The van der Waals surface area contributed by atoms with Crippen molar-refractivity contribution in [1.82, 2.24) is 10.6 Å². The number of nitrogens with one attached hydrogen (secondary N) is 2. The van der Waals surface area contributed by atoms with Crippen molar-refractivity contribution in [1.29, 1.82) is 0 Å². The van der Waals surface area contributed by atoms with Crippen LogP contribution < -0.4 is 20.1 Å². The summed E-state index contributed by atoms with van der Waals surface area (Å²) in [5.74, 6) is 1.11. The molecule has 0 bridgehead atoms. The van der Waals surface area contributed by atoms with Gasteiger partial charge in [0.15, 0.2) is 11.5 Å². The van der Waals surface area contributed by atoms with Gasteiger partial charge in [0.25, 0.3) is 0 Å². The number of carbonyl (C=O) groups is 1. The van der Waals surface area contributed by atoms with Crippen LogP contribution in [0.2, 0.25) is 0 Å². The molecule has 23 heavy (non-hydrogen) atoms. The van der Waals surface area contributed by atoms with Crippen molar-refractivity contribution in [3.8, 4) is 11.5 Å². The summed E-state index contributed by atoms with van der Waals surface area (Å²) in [6.07, 6.45) is -4.43. The quantitative estimate of drug-likeness (QED) is 0.841. The maximum atomic E-state index is 12.0. The Hall–Kier alpha value is -2.12. The SMILES string of the molecule is COc1ccc(C(C)(C)CNC(=O)NCC(F)(F)F)cc1OC. The summed E-state index contributed by atoms with van der Waals surface area (Å²) >= 11 is 0. The highest BCUT2D eigenvalue weighted by atomic mass is 19.4. The maximum Gasteiger partial charge on any atom is 0.405 e. The smallest absolute Gasteiger partial charge is 0.405 e. The van der Waals surface area contributed by atoms with Crippen molar-refractivity contribution in [2.45, 2.75) is 25.4 Å². The van der Waals surface area contributed by atoms with Crippen molar-refractivity contribution in [3.05, 3.63) is 23.8 Å². The molecular formula is C15H21F3N2O3. The third-order valence-electron chi connectivity index (χ3n) is 3.31. The Bertz CT molecular complexity index is 545. The first-order valence-corrected chi connectivity index (χ1v) is 6.90. The van der Waals surface area contributed by atoms with Gasteiger partial charge >= 0.3 is 12.2 Å². The third-order valence-corrected chi connectivity index (χ3v) is 3.31. The molecule has 8 heteroatoms. The fourth-order valence-corrected chi connectivity index (χ4v) is 1.90. The zero-order chi connectivity index (χ0) is 17.7. The molecule has 130 valence electrons. The molecule has 0 spiro atoms. The Morgan fingerprint density at radius 3 is 2.13 bits per heavy atom. The van der Waals surface area contributed by atoms with Crippen LogP contribution in [0.5, 0.6) is 11.5 Å². The third kappa shape index (κ3) is 5.88. The molecule has 0 radical (unpaired) electrons. The number of hydrogen-bond donors (Lipinski definition) is 2. The summed E-state index contributed by atoms with van der Waals surface area (Å²) < 4.78 is 46.5. The number of carbonyl (C=O) groups excluding carboxylic acids is 1. The van der Waals surface area contributed by atoms with Crippen LogP contribution in [0.4, 0.5) is 18.0 Å². The van der Waals surface area contributed by atoms with Gasteiger partial charge in [-0.15, -0.1) is 0 Å². The standard InChI is InChI=1S/C15H21F3N2O3/c1-14(2,8-19-13(21)20-9-15(16,17)18)10-5-6-11(22-3)12(7-10)23-4/h5-7H,8-9H2,1-4H3,(H2,19,20,21). The predicted molar refractivity (Wildman–Crippen MR) is 80.0 cm³/mol. The van der Waals surface area contributed by atoms with Gasteiger partial charge in [-0.05, 0) is 17.7 Å². The molecule has 0 saturated heterocycles. The minimum atomic E-state index is -4.43. The van der Waals surface area contributed by atoms with E-state index in [2.05, 4.69) is 5.32 Å². The second kappa shape index (κ2) is 7.43. The molecule has 0 aliphatic carbocycles. The average molecular weight is 334 g/mol. The lowest BCUT2D eigenvalue weighted by Gasteiger charge is -2.26. The first-order valence-electron chi connectivity index (χ1n) is 6.90. The zero-order valence-corrected chi connectivity index (χ0v) is 13.5. The van der Waals surface area contributed by atoms with Gasteiger partial charge in [-0.3, -0.25) is 0 Å². The van der Waals surface area contributed by atoms with Crippen LogP contribution in [0.3, 0.4) is 0 Å². The molecule has 0 fully saturated rings. The lowest BCUT2D eigenvalue weighted by Crippen LogP contribution is -2.45. The van der Waals surface area contributed by atoms with Gasteiger partial charge in [0.2, 0.25) is 0 Å². The minimum absolute atomic E-state index is 0.159. The number of alkyl halides is 3. The molecule has 1 aromatic rings. The summed E-state index contributed by atoms with van der Waals surface area (Å²) in [4.78, 5) is 11.4. The van der Waals surface area contributed by atoms with Crippen molar-refractivity contribution in [3.63, 3.8) is 0 Å². The van der Waals surface area contributed by atoms with Crippen LogP contribution in [0.1, 0.15) is 19.4 Å². The Morgan fingerprint density at radius 2 is 1.61 bits per heavy atom. The summed E-state index contributed by atoms with van der Waals surface area (Å²) in [6, 6.07) is 4.46. The molecular weight excluding hydrogens is 313 g/mol. The number of urea groups is 1. The highest BCUT2D eigenvalue weighted by Crippen LogP contribution is 2.32. The van der Waals surface area contributed by atoms with E-state index in [9.17, 15) is 18.0 Å². The average Bonchev–Trinajstić information content (AvgIpc) is 2.49. The van der Waals surface area contributed by atoms with Gasteiger partial charge in [0.1, 0.15) is 6.54 Å². The summed E-state index contributed by atoms with van der Waals surface area (Å²) in [5.41, 5.74) is 0.348. The van der Waals surface area contributed by atoms with E-state index >= 15 is 0 Å². The van der Waals surface area contributed by atoms with Crippen molar-refractivity contribution < 1.29 is 27.4 Å². The van der Waals surface area contributed by atoms with Gasteiger partial charge in [-0.2, -0.15) is 13.2 Å². The Labute approximate surface area is 133 Å². The van der Waals surface area contributed by atoms with Gasteiger partial charge in [-0.1, -0.05) is 19.9 Å². The highest BCUT2D eigenvalue weighted by Gasteiger charge is 2.28. The molecule has 1 rings (SSSR count). The van der Waals surface area contributed by atoms with E-state index in [4.69, 9.17) is 9.47 Å². The van der Waals surface area contributed by atoms with Crippen LogP contribution in [-0.4, -0.2) is 39.5 Å². The molecule has 0 aromatic heterocycles.